The van der Waals surface area contributed by atoms with Crippen LogP contribution < -0.4 is 42.4 Å². The SMILES string of the molecule is CC(C)(C)[C]1[CH][C](P(c2ccccc2)c2ccccc2)[C](P(c2ccccc2)c2ccccc2)[CH]1.CC(C)(C)[C]1[CH][C](P(c2ccccc2)c2ccccc2)[C](P(c2ccccc2)c2ccccc2)[CH]1.[Cu][I].[Fe+2]. The molecule has 0 spiro atoms. The van der Waals surface area contributed by atoms with Crippen molar-refractivity contribution >= 4 is 94.5 Å². The summed E-state index contributed by atoms with van der Waals surface area (Å²) in [6.45, 7) is 14.0. The molecule has 370 valence electrons. The molecule has 0 atom stereocenters. The van der Waals surface area contributed by atoms with E-state index in [9.17, 15) is 0 Å². The summed E-state index contributed by atoms with van der Waals surface area (Å²) < 4.78 is 0. The molecule has 10 rings (SSSR count). The summed E-state index contributed by atoms with van der Waals surface area (Å²) in [5.74, 6) is 2.84. The van der Waals surface area contributed by atoms with Gasteiger partial charge in [-0.2, -0.15) is 0 Å². The third kappa shape index (κ3) is 14.8. The van der Waals surface area contributed by atoms with Gasteiger partial charge in [0.15, 0.2) is 0 Å². The largest absolute Gasteiger partial charge is 2.00 e. The Morgan fingerprint density at radius 3 is 0.479 bits per heavy atom. The maximum absolute atomic E-state index is 4.16. The van der Waals surface area contributed by atoms with E-state index in [1.807, 2.05) is 0 Å². The van der Waals surface area contributed by atoms with E-state index in [4.69, 9.17) is 0 Å². The van der Waals surface area contributed by atoms with Gasteiger partial charge in [0.2, 0.25) is 0 Å². The third-order valence-corrected chi connectivity index (χ3v) is 22.8. The van der Waals surface area contributed by atoms with Gasteiger partial charge in [-0.25, -0.2) is 0 Å². The molecule has 10 radical (unpaired) electrons. The molecule has 73 heavy (non-hydrogen) atoms. The van der Waals surface area contributed by atoms with Crippen molar-refractivity contribution in [2.24, 2.45) is 10.8 Å². The molecule has 0 bridgehead atoms. The Labute approximate surface area is 475 Å². The van der Waals surface area contributed by atoms with Gasteiger partial charge >= 0.3 is 50.2 Å². The van der Waals surface area contributed by atoms with Gasteiger partial charge in [-0.15, -0.1) is 0 Å². The summed E-state index contributed by atoms with van der Waals surface area (Å²) in [5.41, 5.74) is 6.11. The van der Waals surface area contributed by atoms with Crippen LogP contribution in [0.25, 0.3) is 0 Å². The molecule has 7 heteroatoms. The molecule has 0 nitrogen and oxygen atoms in total. The summed E-state index contributed by atoms with van der Waals surface area (Å²) in [6.07, 6.45) is 10.1. The monoisotopic (exact) mass is 1220 g/mol. The Balaban J connectivity index is 0.000000204. The zero-order valence-electron chi connectivity index (χ0n) is 42.2. The number of benzene rings is 8. The van der Waals surface area contributed by atoms with Crippen LogP contribution in [0.4, 0.5) is 0 Å². The van der Waals surface area contributed by atoms with Crippen LogP contribution in [0.5, 0.6) is 0 Å². The number of hydrogen-bond donors (Lipinski definition) is 0. The molecule has 8 aromatic rings. The fourth-order valence-electron chi connectivity index (χ4n) is 8.88. The van der Waals surface area contributed by atoms with Crippen molar-refractivity contribution in [3.63, 3.8) is 0 Å². The Kier molecular flexibility index (Phi) is 22.3. The first-order chi connectivity index (χ1) is 35.0. The molecule has 0 unspecified atom stereocenters. The smallest absolute Gasteiger partial charge is 2.00 e. The van der Waals surface area contributed by atoms with E-state index < -0.39 is 31.7 Å². The first-order valence-corrected chi connectivity index (χ1v) is 32.8. The van der Waals surface area contributed by atoms with Crippen LogP contribution in [-0.4, -0.2) is 0 Å². The summed E-state index contributed by atoms with van der Waals surface area (Å²) in [7, 11) is -2.76. The molecule has 0 heterocycles. The van der Waals surface area contributed by atoms with Gasteiger partial charge < -0.3 is 0 Å². The fraction of sp³-hybridized carbons (Fsp3) is 0.121. The quantitative estimate of drug-likeness (QED) is 0.0650. The number of hydrogen-bond acceptors (Lipinski definition) is 0. The van der Waals surface area contributed by atoms with E-state index in [2.05, 4.69) is 323 Å². The fourth-order valence-corrected chi connectivity index (χ4v) is 19.5. The predicted octanol–water partition coefficient (Wildman–Crippen LogP) is 15.6. The van der Waals surface area contributed by atoms with E-state index in [1.165, 1.54) is 76.9 Å². The van der Waals surface area contributed by atoms with Crippen molar-refractivity contribution < 1.29 is 29.8 Å². The molecule has 0 amide bonds. The van der Waals surface area contributed by atoms with Crippen molar-refractivity contribution in [3.05, 3.63) is 303 Å². The third-order valence-electron chi connectivity index (χ3n) is 12.5. The van der Waals surface area contributed by atoms with Crippen molar-refractivity contribution in [1.82, 2.24) is 0 Å². The van der Waals surface area contributed by atoms with E-state index in [0.29, 0.717) is 0 Å². The van der Waals surface area contributed by atoms with Crippen LogP contribution in [0.3, 0.4) is 0 Å². The molecule has 2 aliphatic rings. The van der Waals surface area contributed by atoms with Crippen LogP contribution in [-0.2, 0) is 29.8 Å². The number of rotatable bonds is 12. The van der Waals surface area contributed by atoms with Crippen LogP contribution in [0, 0.1) is 71.0 Å². The molecular formula is C66H62CuFeIP4+2. The van der Waals surface area contributed by atoms with Crippen LogP contribution in [0.2, 0.25) is 0 Å². The molecule has 0 aliphatic heterocycles. The standard InChI is InChI=1S/2C33H31P2.Cu.Fe.HI/c2*1-33(2,3)26-24-31(34(27-16-8-4-9-17-27)28-18-10-5-11-19-28)32(25-26)35(29-20-12-6-13-21-29)30-22-14-7-15-23-30;;;/h2*4-25H,1-3H3;;;1H/q;;+1;+2;/p-1. The molecule has 0 aromatic heterocycles. The molecule has 2 saturated carbocycles. The van der Waals surface area contributed by atoms with Gasteiger partial charge in [0.1, 0.15) is 0 Å². The van der Waals surface area contributed by atoms with E-state index in [0.717, 1.165) is 0 Å². The minimum absolute atomic E-state index is 0. The zero-order valence-corrected chi connectivity index (χ0v) is 50.0. The normalized spacial score (nSPS) is 15.2. The second-order valence-corrected chi connectivity index (χ2v) is 28.3. The minimum atomic E-state index is -0.690. The predicted molar refractivity (Wildman–Crippen MR) is 326 cm³/mol. The van der Waals surface area contributed by atoms with Gasteiger partial charge in [0, 0.05) is 22.6 Å². The van der Waals surface area contributed by atoms with Gasteiger partial charge in [0.05, 0.1) is 0 Å². The van der Waals surface area contributed by atoms with Crippen LogP contribution in [0.15, 0.2) is 243 Å². The summed E-state index contributed by atoms with van der Waals surface area (Å²) in [5, 5.41) is 11.2. The van der Waals surface area contributed by atoms with Crippen LogP contribution >= 0.6 is 52.0 Å². The van der Waals surface area contributed by atoms with E-state index in [1.54, 1.807) is 20.3 Å². The summed E-state index contributed by atoms with van der Waals surface area (Å²) >= 11 is 5.87. The second kappa shape index (κ2) is 28.0. The second-order valence-electron chi connectivity index (χ2n) is 19.6. The molecule has 0 saturated heterocycles. The average molecular weight is 1230 g/mol. The van der Waals surface area contributed by atoms with Gasteiger partial charge in [-0.1, -0.05) is 284 Å². The number of halogens is 1. The van der Waals surface area contributed by atoms with Crippen molar-refractivity contribution in [2.75, 3.05) is 0 Å². The summed E-state index contributed by atoms with van der Waals surface area (Å²) in [4.78, 5) is 0. The Morgan fingerprint density at radius 1 is 0.247 bits per heavy atom. The molecule has 0 N–H and O–H groups in total. The Bertz CT molecular complexity index is 2250. The minimum Gasteiger partial charge on any atom is 2.00 e. The van der Waals surface area contributed by atoms with E-state index >= 15 is 0 Å². The van der Waals surface area contributed by atoms with Crippen molar-refractivity contribution in [1.29, 1.82) is 0 Å². The van der Waals surface area contributed by atoms with Gasteiger partial charge in [0.25, 0.3) is 0 Å². The molecule has 2 aliphatic carbocycles. The first-order valence-electron chi connectivity index (χ1n) is 24.4. The first kappa shape index (κ1) is 57.9. The van der Waals surface area contributed by atoms with Gasteiger partial charge in [-0.3, -0.25) is 0 Å². The van der Waals surface area contributed by atoms with Gasteiger partial charge in [-0.05, 0) is 122 Å². The van der Waals surface area contributed by atoms with Crippen molar-refractivity contribution in [3.8, 4) is 0 Å². The zero-order chi connectivity index (χ0) is 50.5. The maximum atomic E-state index is 4.16. The molecule has 2 fully saturated rings. The molecule has 8 aromatic carbocycles. The Morgan fingerprint density at radius 2 is 0.370 bits per heavy atom. The molecular weight excluding hydrogens is 1160 g/mol. The van der Waals surface area contributed by atoms with E-state index in [-0.39, 0.29) is 27.9 Å². The Hall–Kier alpha value is -2.75. The van der Waals surface area contributed by atoms with Crippen LogP contribution in [0.1, 0.15) is 41.5 Å². The average Bonchev–Trinajstić information content (AvgIpc) is 4.06. The topological polar surface area (TPSA) is 0 Å². The summed E-state index contributed by atoms with van der Waals surface area (Å²) in [6, 6.07) is 88.7. The maximum Gasteiger partial charge on any atom is 2.00 e. The van der Waals surface area contributed by atoms with Crippen molar-refractivity contribution in [2.45, 2.75) is 41.5 Å².